The Bertz CT molecular complexity index is 446. The smallest absolute Gasteiger partial charge is 0.0631 e. The summed E-state index contributed by atoms with van der Waals surface area (Å²) in [5.74, 6) is 0.318. The van der Waals surface area contributed by atoms with Crippen LogP contribution in [0.4, 0.5) is 0 Å². The van der Waals surface area contributed by atoms with Gasteiger partial charge in [-0.2, -0.15) is 0 Å². The third kappa shape index (κ3) is 3.72. The van der Waals surface area contributed by atoms with Crippen LogP contribution in [0.2, 0.25) is 5.02 Å². The fraction of sp³-hybridized carbons (Fsp3) is 0.600. The van der Waals surface area contributed by atoms with Crippen LogP contribution in [-0.2, 0) is 6.54 Å². The maximum Gasteiger partial charge on any atom is 0.0631 e. The maximum atomic E-state index is 10.2. The van der Waals surface area contributed by atoms with Crippen LogP contribution in [0.15, 0.2) is 22.7 Å². The van der Waals surface area contributed by atoms with Crippen LogP contribution in [0, 0.1) is 11.3 Å². The second kappa shape index (κ2) is 6.13. The molecule has 0 heterocycles. The highest BCUT2D eigenvalue weighted by Gasteiger charge is 2.49. The molecule has 1 aromatic rings. The van der Waals surface area contributed by atoms with Crippen LogP contribution in [0.5, 0.6) is 0 Å². The average molecular weight is 347 g/mol. The third-order valence-corrected chi connectivity index (χ3v) is 4.81. The summed E-state index contributed by atoms with van der Waals surface area (Å²) in [4.78, 5) is 0. The number of nitrogens with one attached hydrogen (secondary N) is 1. The summed E-state index contributed by atoms with van der Waals surface area (Å²) in [6.45, 7) is 5.76. The zero-order valence-electron chi connectivity index (χ0n) is 11.4. The first-order valence-corrected chi connectivity index (χ1v) is 7.94. The normalized spacial score (nSPS) is 18.6. The highest BCUT2D eigenvalue weighted by atomic mass is 79.9. The quantitative estimate of drug-likeness (QED) is 0.816. The molecule has 1 atom stereocenters. The van der Waals surface area contributed by atoms with Gasteiger partial charge in [0.25, 0.3) is 0 Å². The van der Waals surface area contributed by atoms with Gasteiger partial charge in [0.15, 0.2) is 0 Å². The number of halogens is 2. The van der Waals surface area contributed by atoms with Gasteiger partial charge in [-0.05, 0) is 42.5 Å². The van der Waals surface area contributed by atoms with Gasteiger partial charge in [-0.25, -0.2) is 0 Å². The zero-order valence-corrected chi connectivity index (χ0v) is 13.8. The average Bonchev–Trinajstić information content (AvgIpc) is 3.13. The summed E-state index contributed by atoms with van der Waals surface area (Å²) in [6, 6.07) is 5.88. The molecule has 1 saturated carbocycles. The summed E-state index contributed by atoms with van der Waals surface area (Å²) in [6.07, 6.45) is 2.02. The van der Waals surface area contributed by atoms with Crippen molar-refractivity contribution < 1.29 is 5.11 Å². The number of aliphatic hydroxyl groups is 1. The van der Waals surface area contributed by atoms with Gasteiger partial charge >= 0.3 is 0 Å². The Balaban J connectivity index is 1.89. The third-order valence-electron chi connectivity index (χ3n) is 3.95. The molecule has 2 nitrogen and oxygen atoms in total. The second-order valence-corrected chi connectivity index (χ2v) is 7.21. The van der Waals surface area contributed by atoms with Crippen LogP contribution in [0.1, 0.15) is 32.3 Å². The molecular formula is C15H21BrClNO. The Labute approximate surface area is 128 Å². The minimum Gasteiger partial charge on any atom is -0.392 e. The van der Waals surface area contributed by atoms with Crippen molar-refractivity contribution in [1.29, 1.82) is 0 Å². The monoisotopic (exact) mass is 345 g/mol. The lowest BCUT2D eigenvalue weighted by atomic mass is 9.90. The van der Waals surface area contributed by atoms with Crippen molar-refractivity contribution in [3.63, 3.8) is 0 Å². The van der Waals surface area contributed by atoms with Gasteiger partial charge in [-0.1, -0.05) is 41.4 Å². The summed E-state index contributed by atoms with van der Waals surface area (Å²) < 4.78 is 1.04. The Morgan fingerprint density at radius 3 is 2.68 bits per heavy atom. The maximum absolute atomic E-state index is 10.2. The molecule has 0 spiro atoms. The Hall–Kier alpha value is -0.0900. The Kier molecular flexibility index (Phi) is 4.93. The molecular weight excluding hydrogens is 326 g/mol. The highest BCUT2D eigenvalue weighted by Crippen LogP contribution is 2.50. The lowest BCUT2D eigenvalue weighted by molar-refractivity contribution is 0.0502. The van der Waals surface area contributed by atoms with Crippen LogP contribution >= 0.6 is 27.5 Å². The van der Waals surface area contributed by atoms with Crippen LogP contribution in [-0.4, -0.2) is 17.8 Å². The first kappa shape index (κ1) is 15.3. The van der Waals surface area contributed by atoms with E-state index in [1.165, 1.54) is 0 Å². The predicted octanol–water partition coefficient (Wildman–Crippen LogP) is 3.99. The van der Waals surface area contributed by atoms with E-state index in [1.807, 2.05) is 18.2 Å². The Morgan fingerprint density at radius 2 is 2.11 bits per heavy atom. The number of hydrogen-bond acceptors (Lipinski definition) is 2. The molecule has 0 bridgehead atoms. The number of rotatable bonds is 6. The van der Waals surface area contributed by atoms with Gasteiger partial charge in [0, 0.05) is 28.0 Å². The van der Waals surface area contributed by atoms with Crippen molar-refractivity contribution >= 4 is 27.5 Å². The van der Waals surface area contributed by atoms with Crippen molar-refractivity contribution in [3.05, 3.63) is 33.3 Å². The van der Waals surface area contributed by atoms with Crippen LogP contribution in [0.3, 0.4) is 0 Å². The van der Waals surface area contributed by atoms with Crippen LogP contribution < -0.4 is 5.32 Å². The molecule has 0 aliphatic heterocycles. The van der Waals surface area contributed by atoms with E-state index in [4.69, 9.17) is 11.6 Å². The molecule has 1 fully saturated rings. The minimum atomic E-state index is -0.210. The van der Waals surface area contributed by atoms with Gasteiger partial charge in [0.2, 0.25) is 0 Å². The largest absolute Gasteiger partial charge is 0.392 e. The molecule has 1 aliphatic rings. The standard InChI is InChI=1S/C15H21BrClNO/c1-10(2)14(19)15(5-6-15)9-18-8-11-7-12(16)3-4-13(11)17/h3-4,7,10,14,18-19H,5-6,8-9H2,1-2H3. The van der Waals surface area contributed by atoms with E-state index >= 15 is 0 Å². The number of aliphatic hydroxyl groups excluding tert-OH is 1. The van der Waals surface area contributed by atoms with Crippen LogP contribution in [0.25, 0.3) is 0 Å². The molecule has 1 unspecified atom stereocenters. The summed E-state index contributed by atoms with van der Waals surface area (Å²) in [7, 11) is 0. The SMILES string of the molecule is CC(C)C(O)C1(CNCc2cc(Br)ccc2Cl)CC1. The first-order chi connectivity index (χ1) is 8.94. The predicted molar refractivity (Wildman–Crippen MR) is 83.4 cm³/mol. The van der Waals surface area contributed by atoms with E-state index in [-0.39, 0.29) is 11.5 Å². The summed E-state index contributed by atoms with van der Waals surface area (Å²) >= 11 is 9.62. The molecule has 1 aromatic carbocycles. The Morgan fingerprint density at radius 1 is 1.42 bits per heavy atom. The molecule has 0 radical (unpaired) electrons. The van der Waals surface area contributed by atoms with Crippen molar-refractivity contribution in [1.82, 2.24) is 5.32 Å². The molecule has 2 rings (SSSR count). The first-order valence-electron chi connectivity index (χ1n) is 6.77. The van der Waals surface area contributed by atoms with E-state index < -0.39 is 0 Å². The van der Waals surface area contributed by atoms with Gasteiger partial charge in [-0.3, -0.25) is 0 Å². The van der Waals surface area contributed by atoms with Gasteiger partial charge in [0.1, 0.15) is 0 Å². The zero-order chi connectivity index (χ0) is 14.0. The lowest BCUT2D eigenvalue weighted by Gasteiger charge is -2.26. The second-order valence-electron chi connectivity index (χ2n) is 5.89. The van der Waals surface area contributed by atoms with Gasteiger partial charge in [-0.15, -0.1) is 0 Å². The molecule has 0 amide bonds. The summed E-state index contributed by atoms with van der Waals surface area (Å²) in [5, 5.41) is 14.5. The van der Waals surface area contributed by atoms with Crippen molar-refractivity contribution in [2.45, 2.75) is 39.3 Å². The van der Waals surface area contributed by atoms with Gasteiger partial charge in [0.05, 0.1) is 6.10 Å². The summed E-state index contributed by atoms with van der Waals surface area (Å²) in [5.41, 5.74) is 1.18. The fourth-order valence-electron chi connectivity index (χ4n) is 2.57. The number of benzene rings is 1. The molecule has 1 aliphatic carbocycles. The van der Waals surface area contributed by atoms with Gasteiger partial charge < -0.3 is 10.4 Å². The molecule has 4 heteroatoms. The van der Waals surface area contributed by atoms with Crippen molar-refractivity contribution in [2.24, 2.45) is 11.3 Å². The topological polar surface area (TPSA) is 32.3 Å². The van der Waals surface area contributed by atoms with E-state index in [2.05, 4.69) is 35.1 Å². The van der Waals surface area contributed by atoms with E-state index in [0.29, 0.717) is 5.92 Å². The van der Waals surface area contributed by atoms with Crippen molar-refractivity contribution in [2.75, 3.05) is 6.54 Å². The van der Waals surface area contributed by atoms with E-state index in [0.717, 1.165) is 41.0 Å². The molecule has 19 heavy (non-hydrogen) atoms. The molecule has 2 N–H and O–H groups in total. The molecule has 0 aromatic heterocycles. The molecule has 0 saturated heterocycles. The van der Waals surface area contributed by atoms with Crippen molar-refractivity contribution in [3.8, 4) is 0 Å². The highest BCUT2D eigenvalue weighted by molar-refractivity contribution is 9.10. The van der Waals surface area contributed by atoms with E-state index in [9.17, 15) is 5.11 Å². The fourth-order valence-corrected chi connectivity index (χ4v) is 3.16. The lowest BCUT2D eigenvalue weighted by Crippen LogP contribution is -2.36. The minimum absolute atomic E-state index is 0.0899. The van der Waals surface area contributed by atoms with E-state index in [1.54, 1.807) is 0 Å². The number of hydrogen-bond donors (Lipinski definition) is 2. The molecule has 106 valence electrons.